The monoisotopic (exact) mass is 790 g/mol. The van der Waals surface area contributed by atoms with Crippen molar-refractivity contribution in [3.05, 3.63) is 75.9 Å². The average Bonchev–Trinajstić information content (AvgIpc) is 3.22. The Hall–Kier alpha value is -6.13. The highest BCUT2D eigenvalue weighted by Gasteiger charge is 2.38. The van der Waals surface area contributed by atoms with Crippen LogP contribution in [-0.4, -0.2) is 114 Å². The molecular formula is C38H50N2O16. The van der Waals surface area contributed by atoms with Crippen LogP contribution < -0.4 is 10.6 Å². The summed E-state index contributed by atoms with van der Waals surface area (Å²) >= 11 is 0. The number of esters is 6. The molecule has 1 fully saturated rings. The number of alkyl carbamates (subject to hydrolysis) is 1. The van der Waals surface area contributed by atoms with Crippen LogP contribution in [0.15, 0.2) is 75.9 Å². The largest absolute Gasteiger partial charge is 0.462 e. The number of carbonyl (C=O) groups excluding carboxylic acids is 9. The van der Waals surface area contributed by atoms with Gasteiger partial charge in [0.2, 0.25) is 0 Å². The van der Waals surface area contributed by atoms with Gasteiger partial charge in [-0.1, -0.05) is 45.9 Å². The molecule has 1 aliphatic rings. The number of carbonyl (C=O) groups is 7. The highest BCUT2D eigenvalue weighted by molar-refractivity contribution is 5.83. The predicted molar refractivity (Wildman–Crippen MR) is 194 cm³/mol. The fraction of sp³-hybridized carbons (Fsp3) is 0.474. The molecule has 18 nitrogen and oxygen atoms in total. The summed E-state index contributed by atoms with van der Waals surface area (Å²) in [6.45, 7) is 18.4. The Morgan fingerprint density at radius 2 is 0.821 bits per heavy atom. The third kappa shape index (κ3) is 21.5. The number of hydrogen-bond acceptors (Lipinski definition) is 17. The van der Waals surface area contributed by atoms with Crippen LogP contribution in [-0.2, 0) is 71.5 Å². The fourth-order valence-electron chi connectivity index (χ4n) is 5.04. The molecule has 0 aromatic carbocycles. The van der Waals surface area contributed by atoms with Crippen LogP contribution >= 0.6 is 0 Å². The highest BCUT2D eigenvalue weighted by Crippen LogP contribution is 2.29. The zero-order chi connectivity index (χ0) is 42.4. The van der Waals surface area contributed by atoms with E-state index in [1.807, 2.05) is 0 Å². The maximum atomic E-state index is 12.8. The first-order valence-electron chi connectivity index (χ1n) is 17.1. The molecule has 0 aliphatic heterocycles. The molecule has 0 bridgehead atoms. The van der Waals surface area contributed by atoms with E-state index in [2.05, 4.69) is 50.1 Å². The summed E-state index contributed by atoms with van der Waals surface area (Å²) in [7, 11) is 0. The second-order valence-electron chi connectivity index (χ2n) is 12.4. The molecule has 1 amide bonds. The summed E-state index contributed by atoms with van der Waals surface area (Å²) < 4.78 is 36.7. The first-order valence-corrected chi connectivity index (χ1v) is 17.1. The second-order valence-corrected chi connectivity index (χ2v) is 12.4. The number of rotatable bonds is 26. The molecule has 0 radical (unpaired) electrons. The molecule has 18 heteroatoms. The van der Waals surface area contributed by atoms with Gasteiger partial charge in [-0.15, -0.1) is 0 Å². The highest BCUT2D eigenvalue weighted by atomic mass is 16.6. The number of amides is 1. The molecule has 56 heavy (non-hydrogen) atoms. The Morgan fingerprint density at radius 1 is 0.518 bits per heavy atom. The molecule has 0 heterocycles. The third-order valence-electron chi connectivity index (χ3n) is 7.99. The van der Waals surface area contributed by atoms with Crippen molar-refractivity contribution >= 4 is 48.1 Å². The molecule has 2 atom stereocenters. The Balaban J connectivity index is 0.00000974. The van der Waals surface area contributed by atoms with E-state index in [4.69, 9.17) is 42.7 Å². The first-order chi connectivity index (χ1) is 26.7. The van der Waals surface area contributed by atoms with Gasteiger partial charge in [0.15, 0.2) is 0 Å². The molecule has 0 aromatic rings. The standard InChI is InChI=1S/C37H50N2O14.CO2/c1-7-29(40)47-20-36(21-48-30(41)8-2,22-49-31(42)9-3)19-38-17-27-14-13-15-28(16-27)18-39-35(46)53-26-37(23-50-32(43)10-4,24-51-33(44)11-5)25-52-34(45)12-6;2-1-3/h7-12,27-28,38H,1-6,13-26H2,(H,39,46);. The molecule has 2 unspecified atom stereocenters. The van der Waals surface area contributed by atoms with Crippen molar-refractivity contribution in [2.45, 2.75) is 25.7 Å². The van der Waals surface area contributed by atoms with Crippen molar-refractivity contribution in [2.75, 3.05) is 65.9 Å². The van der Waals surface area contributed by atoms with E-state index in [-0.39, 0.29) is 50.9 Å². The van der Waals surface area contributed by atoms with Crippen molar-refractivity contribution in [3.8, 4) is 0 Å². The SMILES string of the molecule is C=CC(=O)OCC(CNCC1CCCC(CNC(=O)OCC(COC(=O)C=C)(COC(=O)C=C)COC(=O)C=C)C1)(COC(=O)C=C)COC(=O)C=C.O=C=O. The van der Waals surface area contributed by atoms with Gasteiger partial charge < -0.3 is 43.8 Å². The van der Waals surface area contributed by atoms with E-state index < -0.39 is 79.2 Å². The Kier molecular flexibility index (Phi) is 25.2. The predicted octanol–water partition coefficient (Wildman–Crippen LogP) is 1.87. The van der Waals surface area contributed by atoms with Crippen LogP contribution in [0.3, 0.4) is 0 Å². The molecule has 1 saturated carbocycles. The van der Waals surface area contributed by atoms with Crippen LogP contribution in [0.4, 0.5) is 4.79 Å². The van der Waals surface area contributed by atoms with E-state index in [1.54, 1.807) is 0 Å². The Bertz CT molecular complexity index is 1330. The first kappa shape index (κ1) is 49.9. The summed E-state index contributed by atoms with van der Waals surface area (Å²) in [6.07, 6.45) is 8.41. The van der Waals surface area contributed by atoms with E-state index in [0.29, 0.717) is 6.54 Å². The number of ether oxygens (including phenoxy) is 7. The second kappa shape index (κ2) is 28.3. The molecule has 0 aromatic heterocycles. The lowest BCUT2D eigenvalue weighted by Gasteiger charge is -2.34. The van der Waals surface area contributed by atoms with Crippen molar-refractivity contribution in [2.24, 2.45) is 22.7 Å². The van der Waals surface area contributed by atoms with Gasteiger partial charge in [0.05, 0.1) is 5.41 Å². The maximum Gasteiger partial charge on any atom is 0.407 e. The van der Waals surface area contributed by atoms with Crippen LogP contribution in [0.1, 0.15) is 25.7 Å². The Morgan fingerprint density at radius 3 is 1.16 bits per heavy atom. The third-order valence-corrected chi connectivity index (χ3v) is 7.99. The summed E-state index contributed by atoms with van der Waals surface area (Å²) in [5.74, 6) is -4.32. The normalized spacial score (nSPS) is 14.5. The zero-order valence-corrected chi connectivity index (χ0v) is 31.3. The van der Waals surface area contributed by atoms with E-state index >= 15 is 0 Å². The quantitative estimate of drug-likeness (QED) is 0.0722. The van der Waals surface area contributed by atoms with Gasteiger partial charge in [-0.25, -0.2) is 33.6 Å². The molecule has 1 aliphatic carbocycles. The molecule has 0 spiro atoms. The van der Waals surface area contributed by atoms with Gasteiger partial charge in [0.25, 0.3) is 0 Å². The molecular weight excluding hydrogens is 740 g/mol. The minimum atomic E-state index is -1.47. The van der Waals surface area contributed by atoms with Crippen LogP contribution in [0.25, 0.3) is 0 Å². The number of hydrogen-bond donors (Lipinski definition) is 2. The average molecular weight is 791 g/mol. The number of nitrogens with one attached hydrogen (secondary N) is 2. The van der Waals surface area contributed by atoms with Gasteiger partial charge in [-0.3, -0.25) is 0 Å². The molecule has 1 rings (SSSR count). The van der Waals surface area contributed by atoms with Gasteiger partial charge >= 0.3 is 48.1 Å². The van der Waals surface area contributed by atoms with Crippen molar-refractivity contribution in [3.63, 3.8) is 0 Å². The lowest BCUT2D eigenvalue weighted by Crippen LogP contribution is -2.48. The molecule has 0 saturated heterocycles. The smallest absolute Gasteiger partial charge is 0.407 e. The summed E-state index contributed by atoms with van der Waals surface area (Å²) in [5.41, 5.74) is -2.62. The lowest BCUT2D eigenvalue weighted by molar-refractivity contribution is -0.192. The topological polar surface area (TPSA) is 242 Å². The zero-order valence-electron chi connectivity index (χ0n) is 31.3. The minimum Gasteiger partial charge on any atom is -0.462 e. The van der Waals surface area contributed by atoms with Crippen molar-refractivity contribution in [1.29, 1.82) is 0 Å². The minimum absolute atomic E-state index is 0.0730. The lowest BCUT2D eigenvalue weighted by atomic mass is 9.81. The van der Waals surface area contributed by atoms with E-state index in [0.717, 1.165) is 62.1 Å². The van der Waals surface area contributed by atoms with Crippen LogP contribution in [0.2, 0.25) is 0 Å². The van der Waals surface area contributed by atoms with Gasteiger partial charge in [-0.05, 0) is 37.6 Å². The van der Waals surface area contributed by atoms with Crippen molar-refractivity contribution < 1.29 is 76.3 Å². The summed E-state index contributed by atoms with van der Waals surface area (Å²) in [5, 5.41) is 6.06. The summed E-state index contributed by atoms with van der Waals surface area (Å²) in [6, 6.07) is 0. The summed E-state index contributed by atoms with van der Waals surface area (Å²) in [4.78, 5) is 100. The fourth-order valence-corrected chi connectivity index (χ4v) is 5.04. The van der Waals surface area contributed by atoms with Crippen molar-refractivity contribution in [1.82, 2.24) is 10.6 Å². The Labute approximate surface area is 324 Å². The maximum absolute atomic E-state index is 12.8. The van der Waals surface area contributed by atoms with Gasteiger partial charge in [0, 0.05) is 49.5 Å². The van der Waals surface area contributed by atoms with Crippen LogP contribution in [0.5, 0.6) is 0 Å². The van der Waals surface area contributed by atoms with Crippen LogP contribution in [0, 0.1) is 22.7 Å². The molecule has 308 valence electrons. The van der Waals surface area contributed by atoms with E-state index in [9.17, 15) is 33.6 Å². The molecule has 2 N–H and O–H groups in total. The van der Waals surface area contributed by atoms with Gasteiger partial charge in [0.1, 0.15) is 51.7 Å². The van der Waals surface area contributed by atoms with Gasteiger partial charge in [-0.2, -0.15) is 9.59 Å². The van der Waals surface area contributed by atoms with E-state index in [1.165, 1.54) is 0 Å².